The Morgan fingerprint density at radius 1 is 1.10 bits per heavy atom. The number of benzene rings is 1. The minimum Gasteiger partial charge on any atom is -0.480 e. The first-order valence-corrected chi connectivity index (χ1v) is 8.80. The van der Waals surface area contributed by atoms with Crippen molar-refractivity contribution in [3.05, 3.63) is 65.2 Å². The maximum Gasteiger partial charge on any atom is 0.273 e. The summed E-state index contributed by atoms with van der Waals surface area (Å²) in [6.07, 6.45) is 1.90. The molecule has 0 bridgehead atoms. The molecule has 3 rings (SSSR count). The number of hydrogen-bond donors (Lipinski definition) is 2. The van der Waals surface area contributed by atoms with Crippen LogP contribution in [0, 0.1) is 5.82 Å². The topological polar surface area (TPSA) is 111 Å². The molecule has 0 unspecified atom stereocenters. The predicted octanol–water partition coefficient (Wildman–Crippen LogP) is 1.38. The summed E-state index contributed by atoms with van der Waals surface area (Å²) in [6.45, 7) is 1.87. The zero-order chi connectivity index (χ0) is 20.8. The van der Waals surface area contributed by atoms with Crippen LogP contribution >= 0.6 is 0 Å². The minimum atomic E-state index is -0.512. The zero-order valence-corrected chi connectivity index (χ0v) is 15.8. The van der Waals surface area contributed by atoms with E-state index in [0.29, 0.717) is 34.9 Å². The number of nitrogens with zero attached hydrogens (tertiary/aromatic N) is 4. The predicted molar refractivity (Wildman–Crippen MR) is 101 cm³/mol. The number of carbonyl (C=O) groups excluding carboxylic acids is 2. The van der Waals surface area contributed by atoms with Crippen molar-refractivity contribution in [1.29, 1.82) is 0 Å². The lowest BCUT2D eigenvalue weighted by atomic mass is 10.1. The Hall–Kier alpha value is -3.82. The van der Waals surface area contributed by atoms with Gasteiger partial charge in [-0.1, -0.05) is 19.1 Å². The average Bonchev–Trinajstić information content (AvgIpc) is 3.18. The highest BCUT2D eigenvalue weighted by Gasteiger charge is 2.18. The van der Waals surface area contributed by atoms with Gasteiger partial charge in [0.25, 0.3) is 5.91 Å². The van der Waals surface area contributed by atoms with Crippen LogP contribution in [-0.2, 0) is 17.6 Å². The monoisotopic (exact) mass is 398 g/mol. The maximum atomic E-state index is 12.9. The molecule has 0 aliphatic rings. The lowest BCUT2D eigenvalue weighted by molar-refractivity contribution is -0.121. The number of rotatable bonds is 6. The molecule has 29 heavy (non-hydrogen) atoms. The molecule has 0 atom stereocenters. The molecule has 0 spiro atoms. The lowest BCUT2D eigenvalue weighted by Gasteiger charge is -2.09. The van der Waals surface area contributed by atoms with E-state index in [9.17, 15) is 14.0 Å². The van der Waals surface area contributed by atoms with Gasteiger partial charge in [-0.2, -0.15) is 5.10 Å². The van der Waals surface area contributed by atoms with Gasteiger partial charge in [0.05, 0.1) is 31.0 Å². The largest absolute Gasteiger partial charge is 0.480 e. The number of methoxy groups -OCH3 is 1. The molecule has 150 valence electrons. The summed E-state index contributed by atoms with van der Waals surface area (Å²) in [5.74, 6) is -0.533. The Kier molecular flexibility index (Phi) is 6.12. The van der Waals surface area contributed by atoms with Gasteiger partial charge in [0.1, 0.15) is 5.82 Å². The van der Waals surface area contributed by atoms with Crippen molar-refractivity contribution in [3.8, 4) is 11.7 Å². The number of ether oxygens (including phenoxy) is 1. The average molecular weight is 398 g/mol. The molecular weight excluding hydrogens is 379 g/mol. The van der Waals surface area contributed by atoms with E-state index in [1.807, 2.05) is 6.92 Å². The second-order valence-corrected chi connectivity index (χ2v) is 6.01. The molecule has 1 aromatic carbocycles. The first-order valence-electron chi connectivity index (χ1n) is 8.80. The van der Waals surface area contributed by atoms with Crippen molar-refractivity contribution >= 4 is 11.8 Å². The van der Waals surface area contributed by atoms with Crippen LogP contribution in [0.2, 0.25) is 0 Å². The van der Waals surface area contributed by atoms with E-state index in [4.69, 9.17) is 4.74 Å². The van der Waals surface area contributed by atoms with Crippen LogP contribution in [0.3, 0.4) is 0 Å². The lowest BCUT2D eigenvalue weighted by Crippen LogP contribution is -2.42. The smallest absolute Gasteiger partial charge is 0.273 e. The van der Waals surface area contributed by atoms with E-state index in [-0.39, 0.29) is 12.2 Å². The molecule has 9 nitrogen and oxygen atoms in total. The van der Waals surface area contributed by atoms with Gasteiger partial charge in [-0.3, -0.25) is 20.4 Å². The van der Waals surface area contributed by atoms with E-state index >= 15 is 0 Å². The van der Waals surface area contributed by atoms with Crippen molar-refractivity contribution in [2.45, 2.75) is 19.8 Å². The summed E-state index contributed by atoms with van der Waals surface area (Å²) in [4.78, 5) is 24.5. The summed E-state index contributed by atoms with van der Waals surface area (Å²) < 4.78 is 19.4. The number of hydrogen-bond acceptors (Lipinski definition) is 6. The second kappa shape index (κ2) is 8.91. The van der Waals surface area contributed by atoms with Gasteiger partial charge in [0.15, 0.2) is 5.82 Å². The normalized spacial score (nSPS) is 10.4. The van der Waals surface area contributed by atoms with E-state index < -0.39 is 11.8 Å². The molecule has 0 fully saturated rings. The molecule has 0 saturated heterocycles. The van der Waals surface area contributed by atoms with Crippen LogP contribution in [-0.4, -0.2) is 38.9 Å². The van der Waals surface area contributed by atoms with Gasteiger partial charge in [-0.15, -0.1) is 10.2 Å². The van der Waals surface area contributed by atoms with Crippen molar-refractivity contribution in [3.63, 3.8) is 0 Å². The first-order chi connectivity index (χ1) is 14.0. The molecule has 2 N–H and O–H groups in total. The van der Waals surface area contributed by atoms with E-state index in [0.717, 1.165) is 0 Å². The molecule has 0 radical (unpaired) electrons. The first kappa shape index (κ1) is 19.9. The van der Waals surface area contributed by atoms with Gasteiger partial charge < -0.3 is 4.74 Å². The van der Waals surface area contributed by atoms with Gasteiger partial charge in [-0.05, 0) is 30.2 Å². The van der Waals surface area contributed by atoms with E-state index in [1.165, 1.54) is 42.3 Å². The highest BCUT2D eigenvalue weighted by molar-refractivity contribution is 5.96. The van der Waals surface area contributed by atoms with Crippen molar-refractivity contribution in [1.82, 2.24) is 30.8 Å². The standard InChI is InChI=1S/C19H19FN6O3/c1-3-15-14(11-21-26(15)16-8-9-18(29-2)24-22-16)19(28)25-23-17(27)10-12-4-6-13(20)7-5-12/h4-9,11H,3,10H2,1-2H3,(H,23,27)(H,25,28). The Morgan fingerprint density at radius 3 is 2.48 bits per heavy atom. The van der Waals surface area contributed by atoms with Crippen LogP contribution in [0.4, 0.5) is 4.39 Å². The van der Waals surface area contributed by atoms with Crippen LogP contribution in [0.5, 0.6) is 5.88 Å². The molecular formula is C19H19FN6O3. The second-order valence-electron chi connectivity index (χ2n) is 6.01. The molecule has 10 heteroatoms. The Labute approximate surface area is 165 Å². The fraction of sp³-hybridized carbons (Fsp3) is 0.211. The molecule has 2 amide bonds. The van der Waals surface area contributed by atoms with Crippen molar-refractivity contribution < 1.29 is 18.7 Å². The third-order valence-corrected chi connectivity index (χ3v) is 4.09. The number of amides is 2. The van der Waals surface area contributed by atoms with E-state index in [1.54, 1.807) is 12.1 Å². The number of hydrazine groups is 1. The molecule has 0 aliphatic heterocycles. The Morgan fingerprint density at radius 2 is 1.86 bits per heavy atom. The fourth-order valence-corrected chi connectivity index (χ4v) is 2.66. The number of halogens is 1. The summed E-state index contributed by atoms with van der Waals surface area (Å²) in [7, 11) is 1.49. The summed E-state index contributed by atoms with van der Waals surface area (Å²) in [6, 6.07) is 8.86. The van der Waals surface area contributed by atoms with Crippen LogP contribution in [0.15, 0.2) is 42.6 Å². The highest BCUT2D eigenvalue weighted by atomic mass is 19.1. The minimum absolute atomic E-state index is 0.00188. The molecule has 0 saturated carbocycles. The summed E-state index contributed by atoms with van der Waals surface area (Å²) in [5, 5.41) is 12.1. The highest BCUT2D eigenvalue weighted by Crippen LogP contribution is 2.15. The third-order valence-electron chi connectivity index (χ3n) is 4.09. The van der Waals surface area contributed by atoms with E-state index in [2.05, 4.69) is 26.1 Å². The summed E-state index contributed by atoms with van der Waals surface area (Å²) >= 11 is 0. The molecule has 2 aromatic heterocycles. The van der Waals surface area contributed by atoms with Gasteiger partial charge in [0.2, 0.25) is 11.8 Å². The third kappa shape index (κ3) is 4.72. The van der Waals surface area contributed by atoms with Crippen LogP contribution in [0.1, 0.15) is 28.5 Å². The van der Waals surface area contributed by atoms with Gasteiger partial charge >= 0.3 is 0 Å². The van der Waals surface area contributed by atoms with Crippen molar-refractivity contribution in [2.24, 2.45) is 0 Å². The zero-order valence-electron chi connectivity index (χ0n) is 15.8. The van der Waals surface area contributed by atoms with Gasteiger partial charge in [0, 0.05) is 6.07 Å². The summed E-state index contributed by atoms with van der Waals surface area (Å²) in [5.41, 5.74) is 6.24. The number of carbonyl (C=O) groups is 2. The van der Waals surface area contributed by atoms with Gasteiger partial charge in [-0.25, -0.2) is 9.07 Å². The maximum absolute atomic E-state index is 12.9. The van der Waals surface area contributed by atoms with Crippen molar-refractivity contribution in [2.75, 3.05) is 7.11 Å². The molecule has 2 heterocycles. The number of nitrogens with one attached hydrogen (secondary N) is 2. The van der Waals surface area contributed by atoms with Crippen LogP contribution in [0.25, 0.3) is 5.82 Å². The number of aromatic nitrogens is 4. The molecule has 3 aromatic rings. The fourth-order valence-electron chi connectivity index (χ4n) is 2.66. The SMILES string of the molecule is CCc1c(C(=O)NNC(=O)Cc2ccc(F)cc2)cnn1-c1ccc(OC)nn1. The molecule has 0 aliphatic carbocycles. The quantitative estimate of drug-likeness (QED) is 0.607. The Bertz CT molecular complexity index is 1000. The van der Waals surface area contributed by atoms with Crippen LogP contribution < -0.4 is 15.6 Å². The Balaban J connectivity index is 1.66.